The van der Waals surface area contributed by atoms with Crippen molar-refractivity contribution in [2.24, 2.45) is 0 Å². The number of benzene rings is 1. The highest BCUT2D eigenvalue weighted by Crippen LogP contribution is 2.13. The lowest BCUT2D eigenvalue weighted by molar-refractivity contribution is -0.139. The smallest absolute Gasteiger partial charge is 0.408 e. The lowest BCUT2D eigenvalue weighted by atomic mass is 10.0. The summed E-state index contributed by atoms with van der Waals surface area (Å²) in [5, 5.41) is 11.4. The maximum absolute atomic E-state index is 13.7. The van der Waals surface area contributed by atoms with Crippen LogP contribution < -0.4 is 5.32 Å². The van der Waals surface area contributed by atoms with Gasteiger partial charge in [0.15, 0.2) is 0 Å². The van der Waals surface area contributed by atoms with Crippen LogP contribution in [0.3, 0.4) is 0 Å². The summed E-state index contributed by atoms with van der Waals surface area (Å²) < 4.78 is 18.7. The summed E-state index contributed by atoms with van der Waals surface area (Å²) in [5.41, 5.74) is 0.231. The minimum Gasteiger partial charge on any atom is -0.480 e. The quantitative estimate of drug-likeness (QED) is 0.896. The van der Waals surface area contributed by atoms with Crippen molar-refractivity contribution < 1.29 is 23.8 Å². The predicted octanol–water partition coefficient (Wildman–Crippen LogP) is 2.65. The fourth-order valence-electron chi connectivity index (χ4n) is 1.69. The van der Waals surface area contributed by atoms with E-state index in [1.54, 1.807) is 33.8 Å². The van der Waals surface area contributed by atoms with E-state index in [2.05, 4.69) is 5.32 Å². The molecule has 0 aliphatic rings. The Balaban J connectivity index is 2.79. The molecule has 116 valence electrons. The summed E-state index contributed by atoms with van der Waals surface area (Å²) in [6.45, 7) is 6.74. The zero-order valence-corrected chi connectivity index (χ0v) is 12.6. The van der Waals surface area contributed by atoms with Gasteiger partial charge < -0.3 is 15.2 Å². The molecular weight excluding hydrogens is 277 g/mol. The Morgan fingerprint density at radius 3 is 2.48 bits per heavy atom. The standard InChI is InChI=1S/C15H20FNO4/c1-9-5-6-10(11(16)7-9)8-12(13(18)19)17-14(20)21-15(2,3)4/h5-7,12H,8H2,1-4H3,(H,17,20)(H,18,19). The van der Waals surface area contributed by atoms with E-state index in [4.69, 9.17) is 9.84 Å². The van der Waals surface area contributed by atoms with Gasteiger partial charge in [0.25, 0.3) is 0 Å². The fraction of sp³-hybridized carbons (Fsp3) is 0.467. The van der Waals surface area contributed by atoms with Gasteiger partial charge in [0, 0.05) is 6.42 Å². The van der Waals surface area contributed by atoms with Crippen LogP contribution in [0.1, 0.15) is 31.9 Å². The second-order valence-corrected chi connectivity index (χ2v) is 5.84. The molecule has 2 N–H and O–H groups in total. The number of carbonyl (C=O) groups is 2. The zero-order chi connectivity index (χ0) is 16.2. The summed E-state index contributed by atoms with van der Waals surface area (Å²) in [6, 6.07) is 3.27. The van der Waals surface area contributed by atoms with Crippen LogP contribution in [0, 0.1) is 12.7 Å². The number of carbonyl (C=O) groups excluding carboxylic acids is 1. The number of carboxylic acids is 1. The third-order valence-electron chi connectivity index (χ3n) is 2.62. The number of ether oxygens (including phenoxy) is 1. The van der Waals surface area contributed by atoms with E-state index in [0.29, 0.717) is 0 Å². The van der Waals surface area contributed by atoms with Gasteiger partial charge in [0.2, 0.25) is 0 Å². The van der Waals surface area contributed by atoms with Crippen molar-refractivity contribution in [2.45, 2.75) is 45.8 Å². The number of carboxylic acid groups (broad SMARTS) is 1. The highest BCUT2D eigenvalue weighted by molar-refractivity contribution is 5.80. The monoisotopic (exact) mass is 297 g/mol. The van der Waals surface area contributed by atoms with Gasteiger partial charge in [-0.25, -0.2) is 14.0 Å². The van der Waals surface area contributed by atoms with Crippen LogP contribution in [0.4, 0.5) is 9.18 Å². The molecule has 0 radical (unpaired) electrons. The highest BCUT2D eigenvalue weighted by atomic mass is 19.1. The second kappa shape index (κ2) is 6.56. The first kappa shape index (κ1) is 16.9. The minimum absolute atomic E-state index is 0.152. The van der Waals surface area contributed by atoms with E-state index >= 15 is 0 Å². The molecule has 0 aliphatic carbocycles. The molecule has 0 spiro atoms. The molecule has 6 heteroatoms. The van der Waals surface area contributed by atoms with Crippen molar-refractivity contribution in [1.82, 2.24) is 5.32 Å². The maximum atomic E-state index is 13.7. The van der Waals surface area contributed by atoms with Crippen LogP contribution in [-0.4, -0.2) is 28.8 Å². The molecule has 1 rings (SSSR count). The molecule has 1 amide bonds. The molecule has 1 atom stereocenters. The molecule has 0 saturated heterocycles. The van der Waals surface area contributed by atoms with Gasteiger partial charge in [-0.1, -0.05) is 12.1 Å². The molecule has 0 aromatic heterocycles. The average Bonchev–Trinajstić information content (AvgIpc) is 2.28. The van der Waals surface area contributed by atoms with Gasteiger partial charge in [-0.3, -0.25) is 0 Å². The second-order valence-electron chi connectivity index (χ2n) is 5.84. The van der Waals surface area contributed by atoms with Crippen LogP contribution in [0.5, 0.6) is 0 Å². The molecule has 1 unspecified atom stereocenters. The number of rotatable bonds is 4. The van der Waals surface area contributed by atoms with Crippen molar-refractivity contribution in [3.05, 3.63) is 35.1 Å². The third-order valence-corrected chi connectivity index (χ3v) is 2.62. The topological polar surface area (TPSA) is 75.6 Å². The van der Waals surface area contributed by atoms with Crippen molar-refractivity contribution in [3.8, 4) is 0 Å². The van der Waals surface area contributed by atoms with Crippen molar-refractivity contribution >= 4 is 12.1 Å². The van der Waals surface area contributed by atoms with Gasteiger partial charge in [0.05, 0.1) is 0 Å². The molecule has 1 aromatic carbocycles. The number of halogens is 1. The van der Waals surface area contributed by atoms with Crippen LogP contribution in [0.2, 0.25) is 0 Å². The fourth-order valence-corrected chi connectivity index (χ4v) is 1.69. The van der Waals surface area contributed by atoms with E-state index in [1.165, 1.54) is 12.1 Å². The van der Waals surface area contributed by atoms with E-state index in [1.807, 2.05) is 0 Å². The summed E-state index contributed by atoms with van der Waals surface area (Å²) in [6.07, 6.45) is -0.997. The average molecular weight is 297 g/mol. The lowest BCUT2D eigenvalue weighted by Crippen LogP contribution is -2.44. The Morgan fingerprint density at radius 1 is 1.38 bits per heavy atom. The first-order chi connectivity index (χ1) is 9.58. The van der Waals surface area contributed by atoms with E-state index < -0.39 is 29.5 Å². The third kappa shape index (κ3) is 5.81. The Kier molecular flexibility index (Phi) is 5.29. The van der Waals surface area contributed by atoms with Crippen molar-refractivity contribution in [3.63, 3.8) is 0 Å². The molecule has 0 aliphatic heterocycles. The first-order valence-electron chi connectivity index (χ1n) is 6.56. The number of aryl methyl sites for hydroxylation is 1. The number of amides is 1. The molecule has 0 bridgehead atoms. The Morgan fingerprint density at radius 2 is 2.00 bits per heavy atom. The summed E-state index contributed by atoms with van der Waals surface area (Å²) >= 11 is 0. The molecular formula is C15H20FNO4. The van der Waals surface area contributed by atoms with Gasteiger partial charge in [0.1, 0.15) is 17.5 Å². The predicted molar refractivity (Wildman–Crippen MR) is 75.6 cm³/mol. The van der Waals surface area contributed by atoms with Crippen molar-refractivity contribution in [1.29, 1.82) is 0 Å². The SMILES string of the molecule is Cc1ccc(CC(NC(=O)OC(C)(C)C)C(=O)O)c(F)c1. The van der Waals surface area contributed by atoms with E-state index in [0.717, 1.165) is 5.56 Å². The van der Waals surface area contributed by atoms with Crippen LogP contribution >= 0.6 is 0 Å². The van der Waals surface area contributed by atoms with E-state index in [-0.39, 0.29) is 12.0 Å². The minimum atomic E-state index is -1.25. The normalized spacial score (nSPS) is 12.6. The van der Waals surface area contributed by atoms with Gasteiger partial charge in [-0.2, -0.15) is 0 Å². The number of hydrogen-bond acceptors (Lipinski definition) is 3. The summed E-state index contributed by atoms with van der Waals surface area (Å²) in [7, 11) is 0. The zero-order valence-electron chi connectivity index (χ0n) is 12.6. The molecule has 0 heterocycles. The van der Waals surface area contributed by atoms with E-state index in [9.17, 15) is 14.0 Å². The Hall–Kier alpha value is -2.11. The molecule has 21 heavy (non-hydrogen) atoms. The maximum Gasteiger partial charge on any atom is 0.408 e. The molecule has 0 fully saturated rings. The van der Waals surface area contributed by atoms with Gasteiger partial charge in [-0.05, 0) is 44.9 Å². The first-order valence-corrected chi connectivity index (χ1v) is 6.56. The molecule has 1 aromatic rings. The van der Waals surface area contributed by atoms with Gasteiger partial charge >= 0.3 is 12.1 Å². The summed E-state index contributed by atoms with van der Waals surface area (Å²) in [5.74, 6) is -1.74. The number of alkyl carbamates (subject to hydrolysis) is 1. The van der Waals surface area contributed by atoms with Crippen LogP contribution in [-0.2, 0) is 16.0 Å². The number of aliphatic carboxylic acids is 1. The Bertz CT molecular complexity index is 537. The number of hydrogen-bond donors (Lipinski definition) is 2. The number of nitrogens with one attached hydrogen (secondary N) is 1. The highest BCUT2D eigenvalue weighted by Gasteiger charge is 2.25. The molecule has 0 saturated carbocycles. The van der Waals surface area contributed by atoms with Crippen LogP contribution in [0.25, 0.3) is 0 Å². The summed E-state index contributed by atoms with van der Waals surface area (Å²) in [4.78, 5) is 22.8. The lowest BCUT2D eigenvalue weighted by Gasteiger charge is -2.22. The molecule has 5 nitrogen and oxygen atoms in total. The Labute approximate surface area is 123 Å². The largest absolute Gasteiger partial charge is 0.480 e. The van der Waals surface area contributed by atoms with Crippen molar-refractivity contribution in [2.75, 3.05) is 0 Å². The van der Waals surface area contributed by atoms with Gasteiger partial charge in [-0.15, -0.1) is 0 Å². The van der Waals surface area contributed by atoms with Crippen LogP contribution in [0.15, 0.2) is 18.2 Å².